The van der Waals surface area contributed by atoms with Crippen LogP contribution in [0, 0.1) is 0 Å². The molecule has 2 rings (SSSR count). The first kappa shape index (κ1) is 22.1. The lowest BCUT2D eigenvalue weighted by Gasteiger charge is -2.37. The lowest BCUT2D eigenvalue weighted by atomic mass is 10.0. The summed E-state index contributed by atoms with van der Waals surface area (Å²) in [5.74, 6) is -0.271. The van der Waals surface area contributed by atoms with Crippen molar-refractivity contribution in [2.75, 3.05) is 45.9 Å². The molecule has 1 N–H and O–H groups in total. The maximum atomic E-state index is 12.5. The fourth-order valence-electron chi connectivity index (χ4n) is 3.37. The number of nitrogens with zero attached hydrogens (tertiary/aromatic N) is 2. The number of hydrogen-bond acceptors (Lipinski definition) is 8. The quantitative estimate of drug-likeness (QED) is 0.469. The number of piperidine rings is 1. The largest absolute Gasteiger partial charge is 0.467 e. The molecule has 11 heteroatoms. The summed E-state index contributed by atoms with van der Waals surface area (Å²) >= 11 is 1.58. The molecule has 0 spiro atoms. The molecule has 2 unspecified atom stereocenters. The predicted octanol–water partition coefficient (Wildman–Crippen LogP) is 0.449. The van der Waals surface area contributed by atoms with Gasteiger partial charge in [0.15, 0.2) is 6.04 Å². The van der Waals surface area contributed by atoms with Crippen molar-refractivity contribution < 1.29 is 33.4 Å². The lowest BCUT2D eigenvalue weighted by molar-refractivity contribution is -0.146. The van der Waals surface area contributed by atoms with Crippen LogP contribution < -0.4 is 5.32 Å². The van der Waals surface area contributed by atoms with Gasteiger partial charge in [0.2, 0.25) is 0 Å². The minimum Gasteiger partial charge on any atom is -0.467 e. The highest BCUT2D eigenvalue weighted by atomic mass is 32.2. The maximum Gasteiger partial charge on any atom is 0.410 e. The molecule has 10 nitrogen and oxygen atoms in total. The first-order valence-electron chi connectivity index (χ1n) is 9.08. The second-order valence-electron chi connectivity index (χ2n) is 6.55. The molecular weight excluding hydrogens is 390 g/mol. The number of nitrogens with one attached hydrogen (secondary N) is 1. The number of ether oxygens (including phenoxy) is 3. The Hall–Kier alpha value is -2.17. The summed E-state index contributed by atoms with van der Waals surface area (Å²) in [6.07, 6.45) is 2.87. The third-order valence-corrected chi connectivity index (χ3v) is 5.57. The van der Waals surface area contributed by atoms with Crippen molar-refractivity contribution in [2.45, 2.75) is 37.4 Å². The Bertz CT molecular complexity index is 595. The number of hydrogen-bond donors (Lipinski definition) is 1. The smallest absolute Gasteiger partial charge is 0.410 e. The lowest BCUT2D eigenvalue weighted by Crippen LogP contribution is -2.55. The zero-order valence-electron chi connectivity index (χ0n) is 16.3. The Morgan fingerprint density at radius 3 is 2.50 bits per heavy atom. The number of amides is 3. The van der Waals surface area contributed by atoms with Crippen LogP contribution in [0.4, 0.5) is 9.59 Å². The monoisotopic (exact) mass is 417 g/mol. The fourth-order valence-corrected chi connectivity index (χ4v) is 3.84. The van der Waals surface area contributed by atoms with Crippen molar-refractivity contribution in [3.8, 4) is 0 Å². The van der Waals surface area contributed by atoms with Gasteiger partial charge in [-0.25, -0.2) is 19.2 Å². The van der Waals surface area contributed by atoms with Crippen LogP contribution in [0.25, 0.3) is 0 Å². The van der Waals surface area contributed by atoms with E-state index in [2.05, 4.69) is 5.32 Å². The van der Waals surface area contributed by atoms with Gasteiger partial charge in [-0.05, 0) is 31.3 Å². The van der Waals surface area contributed by atoms with Gasteiger partial charge in [-0.3, -0.25) is 4.90 Å². The van der Waals surface area contributed by atoms with Gasteiger partial charge in [-0.15, -0.1) is 0 Å². The second-order valence-corrected chi connectivity index (χ2v) is 7.53. The molecular formula is C17H27N3O7S. The average molecular weight is 417 g/mol. The zero-order valence-corrected chi connectivity index (χ0v) is 17.2. The summed E-state index contributed by atoms with van der Waals surface area (Å²) in [6.45, 7) is 0.762. The third kappa shape index (κ3) is 5.21. The number of urea groups is 1. The van der Waals surface area contributed by atoms with Gasteiger partial charge in [0, 0.05) is 19.1 Å². The van der Waals surface area contributed by atoms with E-state index < -0.39 is 30.1 Å². The van der Waals surface area contributed by atoms with Gasteiger partial charge >= 0.3 is 24.1 Å². The van der Waals surface area contributed by atoms with E-state index in [1.54, 1.807) is 16.7 Å². The average Bonchev–Trinajstić information content (AvgIpc) is 3.11. The second kappa shape index (κ2) is 10.4. The van der Waals surface area contributed by atoms with Crippen molar-refractivity contribution in [2.24, 2.45) is 0 Å². The number of esters is 2. The van der Waals surface area contributed by atoms with Crippen LogP contribution in [0.15, 0.2) is 0 Å². The molecule has 0 aromatic heterocycles. The van der Waals surface area contributed by atoms with Crippen LogP contribution in [-0.4, -0.2) is 97.9 Å². The fraction of sp³-hybridized carbons (Fsp3) is 0.765. The van der Waals surface area contributed by atoms with Crippen LogP contribution in [0.5, 0.6) is 0 Å². The standard InChI is InChI=1S/C17H27N3O7S/c1-25-14(21)12(6-9-28-3)18-16(23)19-7-4-11(5-8-19)20-13(15(22)26-2)10-27-17(20)24/h11-13H,4-10H2,1-3H3,(H,18,23). The molecule has 0 bridgehead atoms. The van der Waals surface area contributed by atoms with Gasteiger partial charge < -0.3 is 24.4 Å². The van der Waals surface area contributed by atoms with E-state index in [9.17, 15) is 19.2 Å². The van der Waals surface area contributed by atoms with Crippen molar-refractivity contribution in [1.29, 1.82) is 0 Å². The molecule has 3 amide bonds. The molecule has 158 valence electrons. The number of rotatable bonds is 7. The van der Waals surface area contributed by atoms with Gasteiger partial charge in [-0.2, -0.15) is 11.8 Å². The SMILES string of the molecule is COC(=O)C(CCSC)NC(=O)N1CCC(N2C(=O)OCC2C(=O)OC)CC1. The molecule has 2 heterocycles. The van der Waals surface area contributed by atoms with Gasteiger partial charge in [0.05, 0.1) is 14.2 Å². The summed E-state index contributed by atoms with van der Waals surface area (Å²) in [7, 11) is 2.56. The number of thioether (sulfide) groups is 1. The first-order chi connectivity index (χ1) is 13.4. The predicted molar refractivity (Wildman–Crippen MR) is 101 cm³/mol. The van der Waals surface area contributed by atoms with E-state index >= 15 is 0 Å². The Kier molecular flexibility index (Phi) is 8.21. The highest BCUT2D eigenvalue weighted by Gasteiger charge is 2.44. The zero-order chi connectivity index (χ0) is 20.7. The van der Waals surface area contributed by atoms with E-state index in [4.69, 9.17) is 14.2 Å². The number of likely N-dealkylation sites (tertiary alicyclic amines) is 1. The topological polar surface area (TPSA) is 114 Å². The first-order valence-corrected chi connectivity index (χ1v) is 10.5. The van der Waals surface area contributed by atoms with E-state index in [0.717, 1.165) is 0 Å². The molecule has 0 aliphatic carbocycles. The van der Waals surface area contributed by atoms with Gasteiger partial charge in [0.25, 0.3) is 0 Å². The van der Waals surface area contributed by atoms with E-state index in [-0.39, 0.29) is 18.7 Å². The van der Waals surface area contributed by atoms with Gasteiger partial charge in [-0.1, -0.05) is 0 Å². The number of cyclic esters (lactones) is 1. The summed E-state index contributed by atoms with van der Waals surface area (Å²) in [6, 6.07) is -2.00. The molecule has 0 aromatic carbocycles. The highest BCUT2D eigenvalue weighted by Crippen LogP contribution is 2.24. The van der Waals surface area contributed by atoms with Crippen LogP contribution in [0.3, 0.4) is 0 Å². The maximum absolute atomic E-state index is 12.5. The Morgan fingerprint density at radius 1 is 1.25 bits per heavy atom. The van der Waals surface area contributed by atoms with E-state index in [1.165, 1.54) is 19.1 Å². The normalized spacial score (nSPS) is 21.1. The van der Waals surface area contributed by atoms with Crippen LogP contribution >= 0.6 is 11.8 Å². The van der Waals surface area contributed by atoms with Crippen LogP contribution in [0.2, 0.25) is 0 Å². The Balaban J connectivity index is 1.91. The van der Waals surface area contributed by atoms with Gasteiger partial charge in [0.1, 0.15) is 12.6 Å². The third-order valence-electron chi connectivity index (χ3n) is 4.92. The number of methoxy groups -OCH3 is 2. The summed E-state index contributed by atoms with van der Waals surface area (Å²) in [5.41, 5.74) is 0. The Morgan fingerprint density at radius 2 is 1.93 bits per heavy atom. The summed E-state index contributed by atoms with van der Waals surface area (Å²) < 4.78 is 14.5. The van der Waals surface area contributed by atoms with Crippen LogP contribution in [-0.2, 0) is 23.8 Å². The highest BCUT2D eigenvalue weighted by molar-refractivity contribution is 7.98. The van der Waals surface area contributed by atoms with Crippen molar-refractivity contribution in [3.63, 3.8) is 0 Å². The molecule has 2 fully saturated rings. The van der Waals surface area contributed by atoms with Crippen molar-refractivity contribution in [3.05, 3.63) is 0 Å². The van der Waals surface area contributed by atoms with Crippen molar-refractivity contribution in [1.82, 2.24) is 15.1 Å². The van der Waals surface area contributed by atoms with Crippen LogP contribution in [0.1, 0.15) is 19.3 Å². The van der Waals surface area contributed by atoms with E-state index in [0.29, 0.717) is 38.1 Å². The van der Waals surface area contributed by atoms with Crippen molar-refractivity contribution >= 4 is 35.8 Å². The number of carbonyl (C=O) groups excluding carboxylic acids is 4. The number of carbonyl (C=O) groups is 4. The minimum absolute atomic E-state index is 0.0253. The molecule has 2 aliphatic heterocycles. The minimum atomic E-state index is -0.752. The summed E-state index contributed by atoms with van der Waals surface area (Å²) in [5, 5.41) is 2.72. The van der Waals surface area contributed by atoms with E-state index in [1.807, 2.05) is 6.26 Å². The molecule has 2 aliphatic rings. The molecule has 2 atom stereocenters. The molecule has 2 saturated heterocycles. The summed E-state index contributed by atoms with van der Waals surface area (Å²) in [4.78, 5) is 51.3. The molecule has 0 aromatic rings. The molecule has 28 heavy (non-hydrogen) atoms. The molecule has 0 radical (unpaired) electrons. The molecule has 0 saturated carbocycles. The Labute approximate surface area is 168 Å².